The molecule has 0 unspecified atom stereocenters. The van der Waals surface area contributed by atoms with Crippen LogP contribution in [-0.4, -0.2) is 19.9 Å². The molecule has 0 aliphatic rings. The van der Waals surface area contributed by atoms with E-state index in [1.807, 2.05) is 30.3 Å². The first kappa shape index (κ1) is 11.8. The molecular formula is C12H9BrN6. The molecule has 0 aliphatic carbocycles. The summed E-state index contributed by atoms with van der Waals surface area (Å²) in [6.45, 7) is 0. The zero-order chi connectivity index (χ0) is 13.4. The Kier molecular flexibility index (Phi) is 2.75. The molecule has 0 bridgehead atoms. The molecule has 3 aromatic rings. The van der Waals surface area contributed by atoms with E-state index in [1.54, 1.807) is 0 Å². The van der Waals surface area contributed by atoms with E-state index in [1.165, 1.54) is 0 Å². The van der Waals surface area contributed by atoms with Crippen molar-refractivity contribution in [2.45, 2.75) is 0 Å². The van der Waals surface area contributed by atoms with Crippen LogP contribution in [0.25, 0.3) is 22.4 Å². The van der Waals surface area contributed by atoms with Gasteiger partial charge in [-0.2, -0.15) is 9.97 Å². The standard InChI is InChI=1S/C12H9BrN6/c13-9-7(6-4-2-1-3-5-6)17-11-8(16-9)10(14)18-12(15)19-11/h1-5H,(H4,14,15,17,18,19). The highest BCUT2D eigenvalue weighted by Crippen LogP contribution is 2.27. The van der Waals surface area contributed by atoms with E-state index in [2.05, 4.69) is 35.9 Å². The average molecular weight is 317 g/mol. The normalized spacial score (nSPS) is 10.8. The summed E-state index contributed by atoms with van der Waals surface area (Å²) in [5, 5.41) is 0. The molecule has 7 heteroatoms. The lowest BCUT2D eigenvalue weighted by Crippen LogP contribution is -2.04. The number of aromatic nitrogens is 4. The van der Waals surface area contributed by atoms with E-state index >= 15 is 0 Å². The molecule has 94 valence electrons. The number of fused-ring (bicyclic) bond motifs is 1. The maximum atomic E-state index is 5.76. The molecule has 0 amide bonds. The molecule has 1 aromatic carbocycles. The SMILES string of the molecule is Nc1nc(N)c2nc(Br)c(-c3ccccc3)nc2n1. The van der Waals surface area contributed by atoms with Crippen molar-refractivity contribution in [3.05, 3.63) is 34.9 Å². The Labute approximate surface area is 117 Å². The zero-order valence-electron chi connectivity index (χ0n) is 9.71. The summed E-state index contributed by atoms with van der Waals surface area (Å²) >= 11 is 3.39. The van der Waals surface area contributed by atoms with Crippen molar-refractivity contribution in [1.29, 1.82) is 0 Å². The van der Waals surface area contributed by atoms with Crippen molar-refractivity contribution >= 4 is 38.9 Å². The Balaban J connectivity index is 2.31. The Morgan fingerprint density at radius 2 is 1.63 bits per heavy atom. The summed E-state index contributed by atoms with van der Waals surface area (Å²) in [4.78, 5) is 16.7. The third-order valence-electron chi connectivity index (χ3n) is 2.58. The largest absolute Gasteiger partial charge is 0.382 e. The molecule has 3 rings (SSSR count). The second kappa shape index (κ2) is 4.43. The molecule has 2 aromatic heterocycles. The quantitative estimate of drug-likeness (QED) is 0.711. The van der Waals surface area contributed by atoms with Crippen molar-refractivity contribution in [2.75, 3.05) is 11.5 Å². The lowest BCUT2D eigenvalue weighted by atomic mass is 10.2. The molecule has 4 N–H and O–H groups in total. The van der Waals surface area contributed by atoms with Gasteiger partial charge in [0.25, 0.3) is 0 Å². The van der Waals surface area contributed by atoms with E-state index in [0.717, 1.165) is 5.56 Å². The third kappa shape index (κ3) is 2.08. The molecule has 0 saturated heterocycles. The van der Waals surface area contributed by atoms with Crippen LogP contribution in [0.15, 0.2) is 34.9 Å². The molecule has 0 saturated carbocycles. The van der Waals surface area contributed by atoms with Crippen LogP contribution in [0.2, 0.25) is 0 Å². The summed E-state index contributed by atoms with van der Waals surface area (Å²) in [6.07, 6.45) is 0. The molecule has 0 spiro atoms. The number of nitrogens with zero attached hydrogens (tertiary/aromatic N) is 4. The van der Waals surface area contributed by atoms with Crippen molar-refractivity contribution in [2.24, 2.45) is 0 Å². The first-order chi connectivity index (χ1) is 9.15. The van der Waals surface area contributed by atoms with E-state index in [-0.39, 0.29) is 11.8 Å². The first-order valence-corrected chi connectivity index (χ1v) is 6.26. The minimum Gasteiger partial charge on any atom is -0.382 e. The second-order valence-electron chi connectivity index (χ2n) is 3.87. The van der Waals surface area contributed by atoms with Gasteiger partial charge in [0, 0.05) is 5.56 Å². The van der Waals surface area contributed by atoms with Crippen LogP contribution >= 0.6 is 15.9 Å². The zero-order valence-corrected chi connectivity index (χ0v) is 11.3. The van der Waals surface area contributed by atoms with Gasteiger partial charge in [0.1, 0.15) is 10.3 Å². The van der Waals surface area contributed by atoms with Crippen LogP contribution < -0.4 is 11.5 Å². The number of anilines is 2. The third-order valence-corrected chi connectivity index (χ3v) is 3.13. The Bertz CT molecular complexity index is 759. The summed E-state index contributed by atoms with van der Waals surface area (Å²) in [7, 11) is 0. The smallest absolute Gasteiger partial charge is 0.224 e. The minimum atomic E-state index is 0.0839. The lowest BCUT2D eigenvalue weighted by molar-refractivity contribution is 1.15. The van der Waals surface area contributed by atoms with E-state index in [0.29, 0.717) is 21.5 Å². The molecule has 6 nitrogen and oxygen atoms in total. The maximum Gasteiger partial charge on any atom is 0.224 e. The van der Waals surface area contributed by atoms with Gasteiger partial charge < -0.3 is 11.5 Å². The van der Waals surface area contributed by atoms with E-state index < -0.39 is 0 Å². The van der Waals surface area contributed by atoms with Crippen LogP contribution in [0.5, 0.6) is 0 Å². The predicted molar refractivity (Wildman–Crippen MR) is 77.1 cm³/mol. The van der Waals surface area contributed by atoms with Gasteiger partial charge in [-0.15, -0.1) is 0 Å². The van der Waals surface area contributed by atoms with Gasteiger partial charge in [0.2, 0.25) is 5.95 Å². The van der Waals surface area contributed by atoms with Gasteiger partial charge >= 0.3 is 0 Å². The lowest BCUT2D eigenvalue weighted by Gasteiger charge is -2.06. The number of halogens is 1. The number of hydrogen-bond acceptors (Lipinski definition) is 6. The molecule has 0 atom stereocenters. The Morgan fingerprint density at radius 3 is 2.37 bits per heavy atom. The van der Waals surface area contributed by atoms with Gasteiger partial charge in [-0.3, -0.25) is 0 Å². The fourth-order valence-electron chi connectivity index (χ4n) is 1.75. The van der Waals surface area contributed by atoms with Gasteiger partial charge in [-0.25, -0.2) is 9.97 Å². The number of benzene rings is 1. The Morgan fingerprint density at radius 1 is 0.895 bits per heavy atom. The van der Waals surface area contributed by atoms with Crippen LogP contribution in [0.1, 0.15) is 0 Å². The van der Waals surface area contributed by atoms with Gasteiger partial charge in [-0.1, -0.05) is 30.3 Å². The van der Waals surface area contributed by atoms with Crippen LogP contribution in [0.4, 0.5) is 11.8 Å². The van der Waals surface area contributed by atoms with Crippen molar-refractivity contribution in [3.8, 4) is 11.3 Å². The molecule has 0 radical (unpaired) electrons. The number of nitrogens with two attached hydrogens (primary N) is 2. The van der Waals surface area contributed by atoms with Crippen molar-refractivity contribution in [1.82, 2.24) is 19.9 Å². The molecule has 2 heterocycles. The summed E-state index contributed by atoms with van der Waals surface area (Å²) in [5.41, 5.74) is 13.8. The summed E-state index contributed by atoms with van der Waals surface area (Å²) < 4.78 is 0.589. The van der Waals surface area contributed by atoms with Gasteiger partial charge in [0.15, 0.2) is 17.0 Å². The minimum absolute atomic E-state index is 0.0839. The molecule has 19 heavy (non-hydrogen) atoms. The summed E-state index contributed by atoms with van der Waals surface area (Å²) in [6, 6.07) is 9.67. The molecular weight excluding hydrogens is 308 g/mol. The maximum absolute atomic E-state index is 5.76. The fraction of sp³-hybridized carbons (Fsp3) is 0. The highest BCUT2D eigenvalue weighted by atomic mass is 79.9. The fourth-order valence-corrected chi connectivity index (χ4v) is 2.24. The molecule has 0 aliphatic heterocycles. The van der Waals surface area contributed by atoms with E-state index in [4.69, 9.17) is 11.5 Å². The monoisotopic (exact) mass is 316 g/mol. The van der Waals surface area contributed by atoms with Crippen LogP contribution in [0.3, 0.4) is 0 Å². The summed E-state index contributed by atoms with van der Waals surface area (Å²) in [5.74, 6) is 0.302. The van der Waals surface area contributed by atoms with Crippen LogP contribution in [-0.2, 0) is 0 Å². The predicted octanol–water partition coefficient (Wildman–Crippen LogP) is 2.01. The van der Waals surface area contributed by atoms with Crippen molar-refractivity contribution in [3.63, 3.8) is 0 Å². The van der Waals surface area contributed by atoms with Gasteiger partial charge in [0.05, 0.1) is 0 Å². The van der Waals surface area contributed by atoms with Gasteiger partial charge in [-0.05, 0) is 15.9 Å². The average Bonchev–Trinajstić information content (AvgIpc) is 2.40. The van der Waals surface area contributed by atoms with E-state index in [9.17, 15) is 0 Å². The number of hydrogen-bond donors (Lipinski definition) is 2. The van der Waals surface area contributed by atoms with Crippen molar-refractivity contribution < 1.29 is 0 Å². The first-order valence-electron chi connectivity index (χ1n) is 5.47. The highest BCUT2D eigenvalue weighted by Gasteiger charge is 2.12. The Hall–Kier alpha value is -2.28. The number of rotatable bonds is 1. The van der Waals surface area contributed by atoms with Crippen LogP contribution in [0, 0.1) is 0 Å². The molecule has 0 fully saturated rings. The topological polar surface area (TPSA) is 104 Å². The second-order valence-corrected chi connectivity index (χ2v) is 4.62. The number of nitrogen functional groups attached to an aromatic ring is 2. The highest BCUT2D eigenvalue weighted by molar-refractivity contribution is 9.10.